The number of hydrogen-bond acceptors (Lipinski definition) is 10. The number of carbonyl (C=O) groups excluding carboxylic acids is 5. The van der Waals surface area contributed by atoms with Crippen LogP contribution in [0.2, 0.25) is 10.0 Å². The van der Waals surface area contributed by atoms with E-state index < -0.39 is 66.5 Å². The van der Waals surface area contributed by atoms with E-state index in [1.165, 1.54) is 31.3 Å². The van der Waals surface area contributed by atoms with Gasteiger partial charge in [0.1, 0.15) is 12.7 Å². The van der Waals surface area contributed by atoms with Crippen molar-refractivity contribution in [2.24, 2.45) is 11.8 Å². The maximum Gasteiger partial charge on any atom is 0.346 e. The van der Waals surface area contributed by atoms with Crippen LogP contribution in [-0.4, -0.2) is 59.6 Å². The van der Waals surface area contributed by atoms with Gasteiger partial charge in [0.25, 0.3) is 5.91 Å². The van der Waals surface area contributed by atoms with Gasteiger partial charge in [-0.15, -0.1) is 0 Å². The summed E-state index contributed by atoms with van der Waals surface area (Å²) >= 11 is 12.2. The molecule has 0 saturated carbocycles. The van der Waals surface area contributed by atoms with E-state index in [0.29, 0.717) is 5.56 Å². The Labute approximate surface area is 246 Å². The van der Waals surface area contributed by atoms with E-state index >= 15 is 0 Å². The van der Waals surface area contributed by atoms with E-state index in [0.717, 1.165) is 0 Å². The fourth-order valence-corrected chi connectivity index (χ4v) is 4.53. The zero-order chi connectivity index (χ0) is 30.4. The maximum atomic E-state index is 13.3. The van der Waals surface area contributed by atoms with E-state index in [1.54, 1.807) is 33.8 Å². The predicted molar refractivity (Wildman–Crippen MR) is 147 cm³/mol. The third kappa shape index (κ3) is 7.53. The lowest BCUT2D eigenvalue weighted by molar-refractivity contribution is -0.176. The molecule has 1 aliphatic heterocycles. The van der Waals surface area contributed by atoms with Gasteiger partial charge in [0.2, 0.25) is 0 Å². The van der Waals surface area contributed by atoms with Crippen LogP contribution < -0.4 is 10.1 Å². The van der Waals surface area contributed by atoms with Crippen molar-refractivity contribution in [3.8, 4) is 5.75 Å². The number of ether oxygens (including phenoxy) is 4. The molecule has 0 bridgehead atoms. The Bertz CT molecular complexity index is 1330. The smallest absolute Gasteiger partial charge is 0.346 e. The number of hydrogen-bond donors (Lipinski definition) is 1. The summed E-state index contributed by atoms with van der Waals surface area (Å²) in [7, 11) is 0. The fraction of sp³-hybridized carbons (Fsp3) is 0.429. The van der Waals surface area contributed by atoms with Crippen LogP contribution in [0.4, 0.5) is 0 Å². The van der Waals surface area contributed by atoms with Crippen molar-refractivity contribution in [2.75, 3.05) is 6.61 Å². The number of aryl methyl sites for hydroxylation is 1. The second-order valence-corrected chi connectivity index (χ2v) is 10.5. The van der Waals surface area contributed by atoms with Gasteiger partial charge in [0.05, 0.1) is 27.4 Å². The van der Waals surface area contributed by atoms with Crippen LogP contribution in [0.15, 0.2) is 30.5 Å². The molecule has 13 heteroatoms. The standard InChI is InChI=1S/C28H30Cl2N2O9/c1-6-16-23(41-25(34)13(2)3)15(5)39-27(36)19(12-38-26(16)35)32-24(33)21-22(14(4)10-11-31-21)40-28(37)20-17(29)8-7-9-18(20)30/h7-11,13,15-16,19,23H,6,12H2,1-5H3,(H,32,33). The van der Waals surface area contributed by atoms with Gasteiger partial charge in [0.15, 0.2) is 23.6 Å². The first-order chi connectivity index (χ1) is 19.3. The van der Waals surface area contributed by atoms with Crippen LogP contribution in [0.5, 0.6) is 5.75 Å². The lowest BCUT2D eigenvalue weighted by Crippen LogP contribution is -2.47. The first kappa shape index (κ1) is 31.8. The van der Waals surface area contributed by atoms with Gasteiger partial charge in [-0.2, -0.15) is 0 Å². The summed E-state index contributed by atoms with van der Waals surface area (Å²) in [6, 6.07) is 4.52. The van der Waals surface area contributed by atoms with Crippen molar-refractivity contribution in [3.63, 3.8) is 0 Å². The molecule has 1 aromatic heterocycles. The molecule has 1 aliphatic rings. The van der Waals surface area contributed by atoms with Gasteiger partial charge in [-0.1, -0.05) is 50.0 Å². The van der Waals surface area contributed by atoms with E-state index in [4.69, 9.17) is 42.1 Å². The largest absolute Gasteiger partial charge is 0.463 e. The Hall–Kier alpha value is -3.70. The van der Waals surface area contributed by atoms with Gasteiger partial charge in [-0.05, 0) is 44.0 Å². The normalized spacial score (nSPS) is 21.1. The van der Waals surface area contributed by atoms with Crippen molar-refractivity contribution < 1.29 is 42.9 Å². The molecule has 4 atom stereocenters. The summed E-state index contributed by atoms with van der Waals surface area (Å²) in [5.41, 5.74) is -0.0625. The third-order valence-electron chi connectivity index (χ3n) is 6.29. The Morgan fingerprint density at radius 1 is 1.12 bits per heavy atom. The number of aromatic nitrogens is 1. The molecule has 0 spiro atoms. The number of nitrogens with one attached hydrogen (secondary N) is 1. The molecule has 1 amide bonds. The van der Waals surface area contributed by atoms with Gasteiger partial charge < -0.3 is 24.3 Å². The van der Waals surface area contributed by atoms with Gasteiger partial charge >= 0.3 is 23.9 Å². The van der Waals surface area contributed by atoms with Crippen LogP contribution in [0.3, 0.4) is 0 Å². The summed E-state index contributed by atoms with van der Waals surface area (Å²) in [6.45, 7) is 7.47. The fourth-order valence-electron chi connectivity index (χ4n) is 3.98. The highest BCUT2D eigenvalue weighted by atomic mass is 35.5. The SMILES string of the molecule is CCC1C(=O)OCC(NC(=O)c2nccc(C)c2OC(=O)c2c(Cl)cccc2Cl)C(=O)OC(C)C1OC(=O)C(C)C. The molecular formula is C28H30Cl2N2O9. The van der Waals surface area contributed by atoms with Crippen molar-refractivity contribution >= 4 is 53.0 Å². The van der Waals surface area contributed by atoms with Gasteiger partial charge in [0, 0.05) is 6.20 Å². The number of nitrogens with zero attached hydrogens (tertiary/aromatic N) is 1. The quantitative estimate of drug-likeness (QED) is 0.360. The highest BCUT2D eigenvalue weighted by Crippen LogP contribution is 2.29. The third-order valence-corrected chi connectivity index (χ3v) is 6.92. The van der Waals surface area contributed by atoms with Crippen molar-refractivity contribution in [2.45, 2.75) is 59.3 Å². The molecule has 220 valence electrons. The number of benzene rings is 1. The molecule has 3 rings (SSSR count). The van der Waals surface area contributed by atoms with Crippen LogP contribution in [0, 0.1) is 18.8 Å². The zero-order valence-electron chi connectivity index (χ0n) is 23.1. The van der Waals surface area contributed by atoms with E-state index in [2.05, 4.69) is 10.3 Å². The summed E-state index contributed by atoms with van der Waals surface area (Å²) in [4.78, 5) is 68.5. The number of amides is 1. The first-order valence-electron chi connectivity index (χ1n) is 12.9. The number of cyclic esters (lactones) is 2. The zero-order valence-corrected chi connectivity index (χ0v) is 24.6. The second kappa shape index (κ2) is 13.8. The Balaban J connectivity index is 1.85. The molecule has 1 aromatic carbocycles. The summed E-state index contributed by atoms with van der Waals surface area (Å²) in [6.07, 6.45) is -0.575. The minimum Gasteiger partial charge on any atom is -0.463 e. The van der Waals surface area contributed by atoms with Crippen LogP contribution >= 0.6 is 23.2 Å². The molecule has 1 saturated heterocycles. The van der Waals surface area contributed by atoms with Gasteiger partial charge in [-0.25, -0.2) is 14.6 Å². The summed E-state index contributed by atoms with van der Waals surface area (Å²) in [5, 5.41) is 2.51. The molecule has 1 N–H and O–H groups in total. The van der Waals surface area contributed by atoms with E-state index in [9.17, 15) is 24.0 Å². The van der Waals surface area contributed by atoms with Gasteiger partial charge in [-0.3, -0.25) is 14.4 Å². The number of halogens is 2. The van der Waals surface area contributed by atoms with Crippen molar-refractivity contribution in [1.82, 2.24) is 10.3 Å². The predicted octanol–water partition coefficient (Wildman–Crippen LogP) is 4.10. The average Bonchev–Trinajstić information content (AvgIpc) is 2.94. The molecule has 0 aliphatic carbocycles. The minimum atomic E-state index is -1.45. The highest BCUT2D eigenvalue weighted by Gasteiger charge is 2.41. The highest BCUT2D eigenvalue weighted by molar-refractivity contribution is 6.39. The first-order valence-corrected chi connectivity index (χ1v) is 13.6. The maximum absolute atomic E-state index is 13.3. The van der Waals surface area contributed by atoms with Crippen molar-refractivity contribution in [3.05, 3.63) is 57.3 Å². The molecule has 2 heterocycles. The van der Waals surface area contributed by atoms with Crippen LogP contribution in [0.1, 0.15) is 60.5 Å². The number of esters is 4. The van der Waals surface area contributed by atoms with E-state index in [1.807, 2.05) is 0 Å². The molecule has 4 unspecified atom stereocenters. The lowest BCUT2D eigenvalue weighted by atomic mass is 9.95. The molecular weight excluding hydrogens is 579 g/mol. The minimum absolute atomic E-state index is 0.0436. The Morgan fingerprint density at radius 3 is 2.39 bits per heavy atom. The number of pyridine rings is 1. The molecule has 41 heavy (non-hydrogen) atoms. The van der Waals surface area contributed by atoms with E-state index in [-0.39, 0.29) is 33.5 Å². The average molecular weight is 609 g/mol. The van der Waals surface area contributed by atoms with Crippen LogP contribution in [0.25, 0.3) is 0 Å². The number of carbonyl (C=O) groups is 5. The molecule has 0 radical (unpaired) electrons. The van der Waals surface area contributed by atoms with Crippen molar-refractivity contribution in [1.29, 1.82) is 0 Å². The Kier molecular flexibility index (Phi) is 10.7. The Morgan fingerprint density at radius 2 is 1.78 bits per heavy atom. The molecule has 11 nitrogen and oxygen atoms in total. The molecule has 1 fully saturated rings. The topological polar surface area (TPSA) is 147 Å². The van der Waals surface area contributed by atoms with Crippen LogP contribution in [-0.2, 0) is 28.6 Å². The summed E-state index contributed by atoms with van der Waals surface area (Å²) < 4.78 is 21.8. The second-order valence-electron chi connectivity index (χ2n) is 9.66. The molecule has 2 aromatic rings. The monoisotopic (exact) mass is 608 g/mol. The summed E-state index contributed by atoms with van der Waals surface area (Å²) in [5.74, 6) is -5.66. The number of rotatable bonds is 7. The lowest BCUT2D eigenvalue weighted by Gasteiger charge is -2.29.